The van der Waals surface area contributed by atoms with Crippen LogP contribution in [-0.4, -0.2) is 46.9 Å². The lowest BCUT2D eigenvalue weighted by Crippen LogP contribution is -2.16. The summed E-state index contributed by atoms with van der Waals surface area (Å²) in [5, 5.41) is 0.736. The van der Waals surface area contributed by atoms with Gasteiger partial charge in [-0.1, -0.05) is 11.8 Å². The van der Waals surface area contributed by atoms with Crippen LogP contribution < -0.4 is 9.47 Å². The first-order chi connectivity index (χ1) is 14.6. The number of Topliss-reactive ketones (excluding diaryl/α,β-unsaturated/α-hetero) is 1. The Labute approximate surface area is 178 Å². The number of benzene rings is 2. The molecule has 3 aromatic rings. The van der Waals surface area contributed by atoms with Gasteiger partial charge in [-0.2, -0.15) is 0 Å². The first-order valence-electron chi connectivity index (χ1n) is 9.83. The summed E-state index contributed by atoms with van der Waals surface area (Å²) in [6, 6.07) is 10.6. The smallest absolute Gasteiger partial charge is 0.338 e. The van der Waals surface area contributed by atoms with E-state index in [1.807, 2.05) is 17.6 Å². The van der Waals surface area contributed by atoms with Gasteiger partial charge in [-0.25, -0.2) is 9.78 Å². The third kappa shape index (κ3) is 4.00. The highest BCUT2D eigenvalue weighted by Gasteiger charge is 2.18. The quantitative estimate of drug-likeness (QED) is 0.321. The molecule has 0 amide bonds. The molecule has 0 saturated carbocycles. The monoisotopic (exact) mass is 426 g/mol. The lowest BCUT2D eigenvalue weighted by molar-refractivity contribution is 0.0526. The molecule has 1 aliphatic rings. The molecule has 0 aliphatic carbocycles. The molecular formula is C22H22N2O5S. The number of ketones is 1. The van der Waals surface area contributed by atoms with E-state index in [4.69, 9.17) is 14.2 Å². The second kappa shape index (κ2) is 8.79. The topological polar surface area (TPSA) is 79.7 Å². The summed E-state index contributed by atoms with van der Waals surface area (Å²) in [6.07, 6.45) is 0. The molecule has 0 saturated heterocycles. The summed E-state index contributed by atoms with van der Waals surface area (Å²) in [5.74, 6) is 1.13. The predicted octanol–water partition coefficient (Wildman–Crippen LogP) is 3.98. The molecule has 1 aromatic heterocycles. The maximum absolute atomic E-state index is 12.7. The van der Waals surface area contributed by atoms with Crippen molar-refractivity contribution in [2.75, 3.05) is 25.6 Å². The van der Waals surface area contributed by atoms with Crippen LogP contribution in [0.3, 0.4) is 0 Å². The molecule has 8 heteroatoms. The first kappa shape index (κ1) is 20.3. The maximum atomic E-state index is 12.7. The van der Waals surface area contributed by atoms with Crippen LogP contribution in [-0.2, 0) is 11.3 Å². The van der Waals surface area contributed by atoms with Gasteiger partial charge in [0.05, 0.1) is 29.0 Å². The van der Waals surface area contributed by atoms with Crippen molar-refractivity contribution in [2.24, 2.45) is 0 Å². The van der Waals surface area contributed by atoms with E-state index >= 15 is 0 Å². The molecule has 0 unspecified atom stereocenters. The Bertz CT molecular complexity index is 1110. The molecule has 1 aliphatic heterocycles. The number of hydrogen-bond donors (Lipinski definition) is 0. The van der Waals surface area contributed by atoms with Crippen LogP contribution in [0.2, 0.25) is 0 Å². The van der Waals surface area contributed by atoms with Gasteiger partial charge in [-0.15, -0.1) is 0 Å². The average molecular weight is 426 g/mol. The van der Waals surface area contributed by atoms with Crippen molar-refractivity contribution in [3.8, 4) is 11.5 Å². The van der Waals surface area contributed by atoms with Gasteiger partial charge < -0.3 is 18.8 Å². The van der Waals surface area contributed by atoms with Crippen molar-refractivity contribution >= 4 is 34.5 Å². The zero-order valence-electron chi connectivity index (χ0n) is 16.8. The highest BCUT2D eigenvalue weighted by Crippen LogP contribution is 2.32. The van der Waals surface area contributed by atoms with Gasteiger partial charge in [0, 0.05) is 12.1 Å². The van der Waals surface area contributed by atoms with Gasteiger partial charge in [0.25, 0.3) is 0 Å². The van der Waals surface area contributed by atoms with E-state index in [0.717, 1.165) is 10.7 Å². The van der Waals surface area contributed by atoms with Crippen molar-refractivity contribution in [1.29, 1.82) is 0 Å². The zero-order chi connectivity index (χ0) is 21.1. The van der Waals surface area contributed by atoms with Gasteiger partial charge in [0.1, 0.15) is 13.2 Å². The van der Waals surface area contributed by atoms with Crippen LogP contribution in [0.15, 0.2) is 41.6 Å². The number of thioether (sulfide) groups is 1. The van der Waals surface area contributed by atoms with Crippen molar-refractivity contribution in [3.63, 3.8) is 0 Å². The molecule has 2 aromatic carbocycles. The molecule has 2 heterocycles. The van der Waals surface area contributed by atoms with Crippen LogP contribution in [0, 0.1) is 0 Å². The molecule has 156 valence electrons. The number of esters is 1. The van der Waals surface area contributed by atoms with Crippen LogP contribution in [0.25, 0.3) is 11.0 Å². The molecule has 0 spiro atoms. The highest BCUT2D eigenvalue weighted by molar-refractivity contribution is 7.99. The van der Waals surface area contributed by atoms with Gasteiger partial charge in [-0.3, -0.25) is 4.79 Å². The van der Waals surface area contributed by atoms with Gasteiger partial charge >= 0.3 is 5.97 Å². The highest BCUT2D eigenvalue weighted by atomic mass is 32.2. The van der Waals surface area contributed by atoms with Crippen molar-refractivity contribution in [2.45, 2.75) is 25.5 Å². The third-order valence-electron chi connectivity index (χ3n) is 4.74. The van der Waals surface area contributed by atoms with E-state index < -0.39 is 0 Å². The molecule has 0 fully saturated rings. The lowest BCUT2D eigenvalue weighted by atomic mass is 10.1. The fourth-order valence-electron chi connectivity index (χ4n) is 3.30. The van der Waals surface area contributed by atoms with E-state index in [2.05, 4.69) is 4.98 Å². The van der Waals surface area contributed by atoms with Crippen molar-refractivity contribution in [1.82, 2.24) is 9.55 Å². The SMILES string of the molecule is CCOC(=O)c1ccc2c(c1)nc(SCC(=O)c1ccc3c(c1)OCCO3)n2CC. The number of rotatable bonds is 7. The molecule has 30 heavy (non-hydrogen) atoms. The van der Waals surface area contributed by atoms with E-state index in [9.17, 15) is 9.59 Å². The number of aromatic nitrogens is 2. The summed E-state index contributed by atoms with van der Waals surface area (Å²) in [7, 11) is 0. The standard InChI is InChI=1S/C22H22N2O5S/c1-3-24-17-7-5-15(21(26)27-4-2)11-16(17)23-22(24)30-13-18(25)14-6-8-19-20(12-14)29-10-9-28-19/h5-8,11-12H,3-4,9-10,13H2,1-2H3. The van der Waals surface area contributed by atoms with Gasteiger partial charge in [0.2, 0.25) is 0 Å². The lowest BCUT2D eigenvalue weighted by Gasteiger charge is -2.18. The summed E-state index contributed by atoms with van der Waals surface area (Å²) in [6.45, 7) is 5.82. The Kier molecular flexibility index (Phi) is 5.94. The van der Waals surface area contributed by atoms with Crippen molar-refractivity contribution in [3.05, 3.63) is 47.5 Å². The molecule has 0 atom stereocenters. The normalized spacial score (nSPS) is 12.7. The number of aryl methyl sites for hydroxylation is 1. The van der Waals surface area contributed by atoms with Crippen LogP contribution in [0.4, 0.5) is 0 Å². The fraction of sp³-hybridized carbons (Fsp3) is 0.318. The minimum absolute atomic E-state index is 0.0149. The van der Waals surface area contributed by atoms with E-state index in [-0.39, 0.29) is 17.5 Å². The Hall–Kier alpha value is -3.00. The molecule has 4 rings (SSSR count). The summed E-state index contributed by atoms with van der Waals surface area (Å²) >= 11 is 1.38. The second-order valence-corrected chi connectivity index (χ2v) is 7.58. The van der Waals surface area contributed by atoms with Gasteiger partial charge in [0.15, 0.2) is 22.4 Å². The zero-order valence-corrected chi connectivity index (χ0v) is 17.7. The molecule has 0 bridgehead atoms. The van der Waals surface area contributed by atoms with Crippen LogP contribution in [0.5, 0.6) is 11.5 Å². The van der Waals surface area contributed by atoms with E-state index in [1.54, 1.807) is 37.3 Å². The number of fused-ring (bicyclic) bond motifs is 2. The van der Waals surface area contributed by atoms with Crippen molar-refractivity contribution < 1.29 is 23.8 Å². The predicted molar refractivity (Wildman–Crippen MR) is 114 cm³/mol. The fourth-order valence-corrected chi connectivity index (χ4v) is 4.27. The van der Waals surface area contributed by atoms with E-state index in [1.165, 1.54) is 11.8 Å². The third-order valence-corrected chi connectivity index (χ3v) is 5.71. The largest absolute Gasteiger partial charge is 0.486 e. The maximum Gasteiger partial charge on any atom is 0.338 e. The second-order valence-electron chi connectivity index (χ2n) is 6.63. The Morgan fingerprint density at radius 2 is 1.83 bits per heavy atom. The number of nitrogens with zero attached hydrogens (tertiary/aromatic N) is 2. The molecule has 0 N–H and O–H groups in total. The Morgan fingerprint density at radius 1 is 1.07 bits per heavy atom. The van der Waals surface area contributed by atoms with Crippen LogP contribution >= 0.6 is 11.8 Å². The van der Waals surface area contributed by atoms with Crippen LogP contribution in [0.1, 0.15) is 34.6 Å². The number of carbonyl (C=O) groups excluding carboxylic acids is 2. The number of imidazole rings is 1. The molecule has 7 nitrogen and oxygen atoms in total. The minimum Gasteiger partial charge on any atom is -0.486 e. The molecule has 0 radical (unpaired) electrons. The first-order valence-corrected chi connectivity index (χ1v) is 10.8. The Balaban J connectivity index is 1.53. The Morgan fingerprint density at radius 3 is 2.60 bits per heavy atom. The van der Waals surface area contributed by atoms with Gasteiger partial charge in [-0.05, 0) is 50.2 Å². The summed E-state index contributed by atoms with van der Waals surface area (Å²) in [5.41, 5.74) is 2.67. The minimum atomic E-state index is -0.367. The number of hydrogen-bond acceptors (Lipinski definition) is 7. The summed E-state index contributed by atoms with van der Waals surface area (Å²) < 4.78 is 18.2. The number of ether oxygens (including phenoxy) is 3. The van der Waals surface area contributed by atoms with E-state index in [0.29, 0.717) is 54.5 Å². The summed E-state index contributed by atoms with van der Waals surface area (Å²) in [4.78, 5) is 29.4. The average Bonchev–Trinajstić information content (AvgIpc) is 3.13. The number of carbonyl (C=O) groups is 2. The molecular weight excluding hydrogens is 404 g/mol.